The number of amides is 1. The second-order valence-corrected chi connectivity index (χ2v) is 4.70. The van der Waals surface area contributed by atoms with Crippen LogP contribution in [0.4, 0.5) is 0 Å². The molecule has 0 aliphatic carbocycles. The zero-order valence-electron chi connectivity index (χ0n) is 11.3. The fourth-order valence-electron chi connectivity index (χ4n) is 2.42. The number of nitrogens with one attached hydrogen (secondary N) is 1. The first-order valence-electron chi connectivity index (χ1n) is 6.70. The van der Waals surface area contributed by atoms with Crippen LogP contribution in [0.25, 0.3) is 0 Å². The summed E-state index contributed by atoms with van der Waals surface area (Å²) in [7, 11) is 0. The Bertz CT molecular complexity index is 467. The molecule has 1 fully saturated rings. The van der Waals surface area contributed by atoms with Gasteiger partial charge in [-0.05, 0) is 24.5 Å². The van der Waals surface area contributed by atoms with Crippen LogP contribution in [-0.4, -0.2) is 24.5 Å². The van der Waals surface area contributed by atoms with Crippen molar-refractivity contribution in [1.29, 1.82) is 0 Å². The quantitative estimate of drug-likeness (QED) is 0.841. The van der Waals surface area contributed by atoms with E-state index in [1.807, 2.05) is 24.3 Å². The Morgan fingerprint density at radius 3 is 2.58 bits per heavy atom. The van der Waals surface area contributed by atoms with Crippen LogP contribution >= 0.6 is 0 Å². The SMILES string of the molecule is CCOC(=O)C1NC(=O)CC1c1ccc(CC)cc1. The predicted molar refractivity (Wildman–Crippen MR) is 71.7 cm³/mol. The Hall–Kier alpha value is -1.84. The smallest absolute Gasteiger partial charge is 0.329 e. The van der Waals surface area contributed by atoms with Gasteiger partial charge in [0.25, 0.3) is 0 Å². The van der Waals surface area contributed by atoms with Crippen LogP contribution in [0.2, 0.25) is 0 Å². The van der Waals surface area contributed by atoms with Gasteiger partial charge in [0.1, 0.15) is 6.04 Å². The molecule has 19 heavy (non-hydrogen) atoms. The highest BCUT2D eigenvalue weighted by Gasteiger charge is 2.39. The number of ether oxygens (including phenoxy) is 1. The van der Waals surface area contributed by atoms with E-state index in [9.17, 15) is 9.59 Å². The average Bonchev–Trinajstić information content (AvgIpc) is 2.81. The maximum absolute atomic E-state index is 11.9. The highest BCUT2D eigenvalue weighted by molar-refractivity contribution is 5.90. The fourth-order valence-corrected chi connectivity index (χ4v) is 2.42. The van der Waals surface area contributed by atoms with Crippen molar-refractivity contribution in [3.05, 3.63) is 35.4 Å². The predicted octanol–water partition coefficient (Wildman–Crippen LogP) is 1.78. The maximum atomic E-state index is 11.9. The van der Waals surface area contributed by atoms with E-state index < -0.39 is 6.04 Å². The topological polar surface area (TPSA) is 55.4 Å². The minimum absolute atomic E-state index is 0.0948. The number of hydrogen-bond acceptors (Lipinski definition) is 3. The molecule has 4 heteroatoms. The number of esters is 1. The normalized spacial score (nSPS) is 22.1. The third-order valence-electron chi connectivity index (χ3n) is 3.48. The molecule has 2 rings (SSSR count). The van der Waals surface area contributed by atoms with Gasteiger partial charge in [0.2, 0.25) is 5.91 Å². The molecule has 1 aromatic rings. The lowest BCUT2D eigenvalue weighted by Crippen LogP contribution is -2.37. The van der Waals surface area contributed by atoms with Crippen molar-refractivity contribution in [2.24, 2.45) is 0 Å². The van der Waals surface area contributed by atoms with Gasteiger partial charge in [-0.1, -0.05) is 31.2 Å². The number of rotatable bonds is 4. The third-order valence-corrected chi connectivity index (χ3v) is 3.48. The molecular formula is C15H19NO3. The number of hydrogen-bond donors (Lipinski definition) is 1. The summed E-state index contributed by atoms with van der Waals surface area (Å²) in [4.78, 5) is 23.4. The largest absolute Gasteiger partial charge is 0.464 e. The van der Waals surface area contributed by atoms with E-state index in [2.05, 4.69) is 12.2 Å². The van der Waals surface area contributed by atoms with E-state index in [1.54, 1.807) is 6.92 Å². The highest BCUT2D eigenvalue weighted by Crippen LogP contribution is 2.29. The van der Waals surface area contributed by atoms with E-state index in [1.165, 1.54) is 5.56 Å². The summed E-state index contributed by atoms with van der Waals surface area (Å²) in [6.45, 7) is 4.18. The summed E-state index contributed by atoms with van der Waals surface area (Å²) in [5.41, 5.74) is 2.25. The zero-order valence-corrected chi connectivity index (χ0v) is 11.3. The van der Waals surface area contributed by atoms with Gasteiger partial charge in [-0.3, -0.25) is 4.79 Å². The zero-order chi connectivity index (χ0) is 13.8. The molecule has 1 aliphatic heterocycles. The van der Waals surface area contributed by atoms with E-state index in [0.717, 1.165) is 12.0 Å². The van der Waals surface area contributed by atoms with Crippen LogP contribution < -0.4 is 5.32 Å². The van der Waals surface area contributed by atoms with Gasteiger partial charge in [-0.25, -0.2) is 4.79 Å². The molecule has 2 unspecified atom stereocenters. The molecule has 1 aromatic carbocycles. The van der Waals surface area contributed by atoms with Gasteiger partial charge in [0.15, 0.2) is 0 Å². The average molecular weight is 261 g/mol. The van der Waals surface area contributed by atoms with Crippen LogP contribution in [-0.2, 0) is 20.7 Å². The van der Waals surface area contributed by atoms with Crippen molar-refractivity contribution in [3.63, 3.8) is 0 Å². The Balaban J connectivity index is 2.19. The van der Waals surface area contributed by atoms with Crippen LogP contribution in [0.1, 0.15) is 37.3 Å². The van der Waals surface area contributed by atoms with Crippen LogP contribution in [0, 0.1) is 0 Å². The van der Waals surface area contributed by atoms with E-state index in [0.29, 0.717) is 13.0 Å². The first-order chi connectivity index (χ1) is 9.15. The summed E-state index contributed by atoms with van der Waals surface area (Å²) in [5, 5.41) is 2.70. The third kappa shape index (κ3) is 2.95. The number of aryl methyl sites for hydroxylation is 1. The van der Waals surface area contributed by atoms with Gasteiger partial charge in [-0.15, -0.1) is 0 Å². The van der Waals surface area contributed by atoms with Crippen molar-refractivity contribution in [3.8, 4) is 0 Å². The Labute approximate surface area is 113 Å². The molecule has 0 radical (unpaired) electrons. The summed E-state index contributed by atoms with van der Waals surface area (Å²) >= 11 is 0. The van der Waals surface area contributed by atoms with E-state index >= 15 is 0 Å². The summed E-state index contributed by atoms with van der Waals surface area (Å²) in [6, 6.07) is 7.52. The van der Waals surface area contributed by atoms with Crippen LogP contribution in [0.5, 0.6) is 0 Å². The first kappa shape index (κ1) is 13.6. The molecule has 1 aliphatic rings. The molecular weight excluding hydrogens is 242 g/mol. The van der Waals surface area contributed by atoms with Crippen molar-refractivity contribution < 1.29 is 14.3 Å². The first-order valence-corrected chi connectivity index (χ1v) is 6.70. The highest BCUT2D eigenvalue weighted by atomic mass is 16.5. The molecule has 1 heterocycles. The van der Waals surface area contributed by atoms with Gasteiger partial charge < -0.3 is 10.1 Å². The lowest BCUT2D eigenvalue weighted by Gasteiger charge is -2.17. The fraction of sp³-hybridized carbons (Fsp3) is 0.467. The lowest BCUT2D eigenvalue weighted by molar-refractivity contribution is -0.146. The second kappa shape index (κ2) is 5.87. The van der Waals surface area contributed by atoms with Crippen molar-refractivity contribution >= 4 is 11.9 Å². The minimum atomic E-state index is -0.556. The van der Waals surface area contributed by atoms with Crippen LogP contribution in [0.15, 0.2) is 24.3 Å². The molecule has 0 saturated carbocycles. The van der Waals surface area contributed by atoms with Gasteiger partial charge in [-0.2, -0.15) is 0 Å². The minimum Gasteiger partial charge on any atom is -0.464 e. The Kier molecular flexibility index (Phi) is 4.20. The molecule has 0 spiro atoms. The Morgan fingerprint density at radius 1 is 1.32 bits per heavy atom. The Morgan fingerprint density at radius 2 is 2.00 bits per heavy atom. The molecule has 1 N–H and O–H groups in total. The monoisotopic (exact) mass is 261 g/mol. The van der Waals surface area contributed by atoms with Crippen molar-refractivity contribution in [2.75, 3.05) is 6.61 Å². The van der Waals surface area contributed by atoms with Gasteiger partial charge in [0.05, 0.1) is 6.61 Å². The maximum Gasteiger partial charge on any atom is 0.329 e. The summed E-state index contributed by atoms with van der Waals surface area (Å²) in [5.74, 6) is -0.571. The lowest BCUT2D eigenvalue weighted by atomic mass is 9.91. The summed E-state index contributed by atoms with van der Waals surface area (Å²) in [6.07, 6.45) is 1.32. The van der Waals surface area contributed by atoms with Gasteiger partial charge in [0, 0.05) is 12.3 Å². The molecule has 102 valence electrons. The molecule has 0 aromatic heterocycles. The van der Waals surface area contributed by atoms with E-state index in [-0.39, 0.29) is 17.8 Å². The number of carbonyl (C=O) groups excluding carboxylic acids is 2. The molecule has 1 saturated heterocycles. The van der Waals surface area contributed by atoms with Crippen molar-refractivity contribution in [1.82, 2.24) is 5.32 Å². The van der Waals surface area contributed by atoms with Crippen molar-refractivity contribution in [2.45, 2.75) is 38.6 Å². The number of benzene rings is 1. The molecule has 0 bridgehead atoms. The molecule has 4 nitrogen and oxygen atoms in total. The second-order valence-electron chi connectivity index (χ2n) is 4.70. The molecule has 1 amide bonds. The van der Waals surface area contributed by atoms with Crippen LogP contribution in [0.3, 0.4) is 0 Å². The standard InChI is InChI=1S/C15H19NO3/c1-3-10-5-7-11(8-6-10)12-9-13(17)16-14(12)15(18)19-4-2/h5-8,12,14H,3-4,9H2,1-2H3,(H,16,17). The number of carbonyl (C=O) groups is 2. The molecule has 2 atom stereocenters. The van der Waals surface area contributed by atoms with Gasteiger partial charge >= 0.3 is 5.97 Å². The van der Waals surface area contributed by atoms with E-state index in [4.69, 9.17) is 4.74 Å². The summed E-state index contributed by atoms with van der Waals surface area (Å²) < 4.78 is 5.02.